The van der Waals surface area contributed by atoms with Crippen molar-refractivity contribution < 1.29 is 4.52 Å². The summed E-state index contributed by atoms with van der Waals surface area (Å²) < 4.78 is 5.01. The Labute approximate surface area is 109 Å². The third-order valence-electron chi connectivity index (χ3n) is 2.05. The first kappa shape index (κ1) is 12.4. The van der Waals surface area contributed by atoms with Gasteiger partial charge in [-0.15, -0.1) is 11.8 Å². The molecule has 0 fully saturated rings. The Kier molecular flexibility index (Phi) is 4.04. The molecule has 0 spiro atoms. The quantitative estimate of drug-likeness (QED) is 0.865. The van der Waals surface area contributed by atoms with Gasteiger partial charge in [0.1, 0.15) is 0 Å². The molecule has 0 amide bonds. The van der Waals surface area contributed by atoms with Crippen molar-refractivity contribution in [3.63, 3.8) is 0 Å². The van der Waals surface area contributed by atoms with Crippen LogP contribution in [0.25, 0.3) is 0 Å². The monoisotopic (exact) mass is 269 g/mol. The number of nitrogens with zero attached hydrogens (tertiary/aromatic N) is 2. The molecule has 2 rings (SSSR count). The molecule has 0 aliphatic carbocycles. The Hall–Kier alpha value is -1.04. The van der Waals surface area contributed by atoms with Crippen LogP contribution in [0, 0.1) is 0 Å². The van der Waals surface area contributed by atoms with Crippen molar-refractivity contribution in [1.29, 1.82) is 0 Å². The minimum Gasteiger partial charge on any atom is -0.338 e. The average Bonchev–Trinajstić information content (AvgIpc) is 2.77. The van der Waals surface area contributed by atoms with Crippen molar-refractivity contribution in [2.45, 2.75) is 23.6 Å². The first-order valence-corrected chi connectivity index (χ1v) is 6.48. The average molecular weight is 270 g/mol. The van der Waals surface area contributed by atoms with Crippen LogP contribution in [0.3, 0.4) is 0 Å². The van der Waals surface area contributed by atoms with Crippen molar-refractivity contribution in [1.82, 2.24) is 10.1 Å². The Balaban J connectivity index is 1.95. The zero-order chi connectivity index (χ0) is 12.3. The SMILES string of the molecule is C[C@@H](N)c1nc(CSc2ccc(Cl)cc2)no1. The molecule has 17 heavy (non-hydrogen) atoms. The molecule has 2 N–H and O–H groups in total. The summed E-state index contributed by atoms with van der Waals surface area (Å²) in [4.78, 5) is 5.31. The molecule has 6 heteroatoms. The largest absolute Gasteiger partial charge is 0.338 e. The molecule has 1 aromatic heterocycles. The number of hydrogen-bond acceptors (Lipinski definition) is 5. The van der Waals surface area contributed by atoms with Crippen LogP contribution in [0.5, 0.6) is 0 Å². The van der Waals surface area contributed by atoms with E-state index in [-0.39, 0.29) is 6.04 Å². The Morgan fingerprint density at radius 2 is 2.12 bits per heavy atom. The van der Waals surface area contributed by atoms with Crippen molar-refractivity contribution in [2.75, 3.05) is 0 Å². The predicted octanol–water partition coefficient (Wildman–Crippen LogP) is 3.04. The minimum absolute atomic E-state index is 0.225. The van der Waals surface area contributed by atoms with Crippen LogP contribution in [-0.2, 0) is 5.75 Å². The number of nitrogens with two attached hydrogens (primary N) is 1. The molecular formula is C11H12ClN3OS. The van der Waals surface area contributed by atoms with Gasteiger partial charge in [-0.25, -0.2) is 0 Å². The van der Waals surface area contributed by atoms with Gasteiger partial charge in [-0.1, -0.05) is 16.8 Å². The van der Waals surface area contributed by atoms with E-state index in [1.165, 1.54) is 0 Å². The van der Waals surface area contributed by atoms with Crippen LogP contribution in [-0.4, -0.2) is 10.1 Å². The van der Waals surface area contributed by atoms with Gasteiger partial charge in [0.25, 0.3) is 0 Å². The van der Waals surface area contributed by atoms with Crippen LogP contribution >= 0.6 is 23.4 Å². The lowest BCUT2D eigenvalue weighted by atomic mass is 10.4. The summed E-state index contributed by atoms with van der Waals surface area (Å²) in [6.07, 6.45) is 0. The maximum Gasteiger partial charge on any atom is 0.243 e. The van der Waals surface area contributed by atoms with Crippen LogP contribution in [0.1, 0.15) is 24.7 Å². The summed E-state index contributed by atoms with van der Waals surface area (Å²) in [5, 5.41) is 4.59. The van der Waals surface area contributed by atoms with E-state index in [0.717, 1.165) is 9.92 Å². The Morgan fingerprint density at radius 1 is 1.41 bits per heavy atom. The van der Waals surface area contributed by atoms with Gasteiger partial charge >= 0.3 is 0 Å². The molecule has 0 radical (unpaired) electrons. The van der Waals surface area contributed by atoms with E-state index in [1.807, 2.05) is 31.2 Å². The molecule has 4 nitrogen and oxygen atoms in total. The Morgan fingerprint density at radius 3 is 2.71 bits per heavy atom. The van der Waals surface area contributed by atoms with Crippen molar-refractivity contribution in [3.8, 4) is 0 Å². The number of rotatable bonds is 4. The standard InChI is InChI=1S/C11H12ClN3OS/c1-7(13)11-14-10(15-16-11)6-17-9-4-2-8(12)3-5-9/h2-5,7H,6,13H2,1H3/t7-/m1/s1. The van der Waals surface area contributed by atoms with Gasteiger partial charge in [0.2, 0.25) is 5.89 Å². The third-order valence-corrected chi connectivity index (χ3v) is 3.31. The van der Waals surface area contributed by atoms with Crippen molar-refractivity contribution in [3.05, 3.63) is 41.0 Å². The van der Waals surface area contributed by atoms with E-state index in [0.29, 0.717) is 17.5 Å². The van der Waals surface area contributed by atoms with Gasteiger partial charge < -0.3 is 10.3 Å². The number of thioether (sulfide) groups is 1. The molecule has 0 aliphatic heterocycles. The molecular weight excluding hydrogens is 258 g/mol. The maximum atomic E-state index is 5.80. The maximum absolute atomic E-state index is 5.80. The molecule has 0 saturated carbocycles. The summed E-state index contributed by atoms with van der Waals surface area (Å²) in [6, 6.07) is 7.40. The van der Waals surface area contributed by atoms with Crippen molar-refractivity contribution in [2.24, 2.45) is 5.73 Å². The van der Waals surface area contributed by atoms with Crippen LogP contribution in [0.4, 0.5) is 0 Å². The summed E-state index contributed by atoms with van der Waals surface area (Å²) in [7, 11) is 0. The number of halogens is 1. The fourth-order valence-electron chi connectivity index (χ4n) is 1.19. The third kappa shape index (κ3) is 3.46. The fourth-order valence-corrected chi connectivity index (χ4v) is 2.06. The Bertz CT molecular complexity index is 484. The molecule has 0 saturated heterocycles. The predicted molar refractivity (Wildman–Crippen MR) is 67.9 cm³/mol. The first-order chi connectivity index (χ1) is 8.15. The lowest BCUT2D eigenvalue weighted by molar-refractivity contribution is 0.358. The van der Waals surface area contributed by atoms with E-state index >= 15 is 0 Å². The first-order valence-electron chi connectivity index (χ1n) is 5.11. The molecule has 1 aromatic carbocycles. The summed E-state index contributed by atoms with van der Waals surface area (Å²) in [5.74, 6) is 1.77. The fraction of sp³-hybridized carbons (Fsp3) is 0.273. The van der Waals surface area contributed by atoms with E-state index in [1.54, 1.807) is 11.8 Å². The second kappa shape index (κ2) is 5.53. The highest BCUT2D eigenvalue weighted by molar-refractivity contribution is 7.98. The summed E-state index contributed by atoms with van der Waals surface area (Å²) >= 11 is 7.43. The van der Waals surface area contributed by atoms with Gasteiger partial charge in [0.05, 0.1) is 11.8 Å². The molecule has 0 aliphatic rings. The highest BCUT2D eigenvalue weighted by atomic mass is 35.5. The van der Waals surface area contributed by atoms with E-state index in [4.69, 9.17) is 21.9 Å². The molecule has 1 atom stereocenters. The van der Waals surface area contributed by atoms with Crippen LogP contribution in [0.15, 0.2) is 33.7 Å². The number of hydrogen-bond donors (Lipinski definition) is 1. The topological polar surface area (TPSA) is 64.9 Å². The molecule has 0 bridgehead atoms. The molecule has 0 unspecified atom stereocenters. The molecule has 2 aromatic rings. The van der Waals surface area contributed by atoms with Crippen LogP contribution < -0.4 is 5.73 Å². The zero-order valence-electron chi connectivity index (χ0n) is 9.26. The second-order valence-corrected chi connectivity index (χ2v) is 5.07. The van der Waals surface area contributed by atoms with E-state index < -0.39 is 0 Å². The normalized spacial score (nSPS) is 12.6. The van der Waals surface area contributed by atoms with Crippen LogP contribution in [0.2, 0.25) is 5.02 Å². The molecule has 90 valence electrons. The number of benzene rings is 1. The summed E-state index contributed by atoms with van der Waals surface area (Å²) in [5.41, 5.74) is 5.63. The highest BCUT2D eigenvalue weighted by Crippen LogP contribution is 2.23. The smallest absolute Gasteiger partial charge is 0.243 e. The van der Waals surface area contributed by atoms with Gasteiger partial charge in [-0.05, 0) is 31.2 Å². The second-order valence-electron chi connectivity index (χ2n) is 3.58. The lowest BCUT2D eigenvalue weighted by Gasteiger charge is -1.98. The molecule has 1 heterocycles. The van der Waals surface area contributed by atoms with Gasteiger partial charge in [-0.3, -0.25) is 0 Å². The van der Waals surface area contributed by atoms with Gasteiger partial charge in [0.15, 0.2) is 5.82 Å². The van der Waals surface area contributed by atoms with Crippen molar-refractivity contribution >= 4 is 23.4 Å². The van der Waals surface area contributed by atoms with E-state index in [2.05, 4.69) is 10.1 Å². The minimum atomic E-state index is -0.225. The van der Waals surface area contributed by atoms with Gasteiger partial charge in [0, 0.05) is 9.92 Å². The highest BCUT2D eigenvalue weighted by Gasteiger charge is 2.10. The zero-order valence-corrected chi connectivity index (χ0v) is 10.8. The van der Waals surface area contributed by atoms with E-state index in [9.17, 15) is 0 Å². The lowest BCUT2D eigenvalue weighted by Crippen LogP contribution is -2.05. The summed E-state index contributed by atoms with van der Waals surface area (Å²) in [6.45, 7) is 1.81. The number of aromatic nitrogens is 2. The van der Waals surface area contributed by atoms with Gasteiger partial charge in [-0.2, -0.15) is 4.98 Å².